The first-order chi connectivity index (χ1) is 5.26. The van der Waals surface area contributed by atoms with Crippen molar-refractivity contribution in [2.45, 2.75) is 6.10 Å². The van der Waals surface area contributed by atoms with E-state index in [0.717, 1.165) is 0 Å². The van der Waals surface area contributed by atoms with E-state index in [0.29, 0.717) is 11.0 Å². The molecule has 0 aromatic carbocycles. The van der Waals surface area contributed by atoms with Crippen molar-refractivity contribution in [2.75, 3.05) is 25.2 Å². The molecule has 0 N–H and O–H groups in total. The molecule has 11 heavy (non-hydrogen) atoms. The van der Waals surface area contributed by atoms with Crippen molar-refractivity contribution in [3.8, 4) is 0 Å². The van der Waals surface area contributed by atoms with E-state index in [4.69, 9.17) is 16.3 Å². The van der Waals surface area contributed by atoms with Gasteiger partial charge in [-0.2, -0.15) is 0 Å². The molecular formula is C6H11ClO3S. The second-order valence-corrected chi connectivity index (χ2v) is 3.34. The first-order valence-corrected chi connectivity index (χ1v) is 4.69. The highest BCUT2D eigenvalue weighted by Crippen LogP contribution is 2.07. The quantitative estimate of drug-likeness (QED) is 0.490. The van der Waals surface area contributed by atoms with Gasteiger partial charge in [0.15, 0.2) is 6.10 Å². The van der Waals surface area contributed by atoms with Crippen LogP contribution in [0.25, 0.3) is 0 Å². The molecule has 0 aromatic heterocycles. The summed E-state index contributed by atoms with van der Waals surface area (Å²) in [5.74, 6) is 0.178. The molecule has 0 saturated carbocycles. The molecule has 5 heteroatoms. The predicted molar refractivity (Wildman–Crippen MR) is 46.0 cm³/mol. The number of thioether (sulfide) groups is 1. The number of methoxy groups -OCH3 is 2. The largest absolute Gasteiger partial charge is 0.467 e. The molecule has 1 atom stereocenters. The minimum absolute atomic E-state index is 0.356. The van der Waals surface area contributed by atoms with Crippen LogP contribution in [0.4, 0.5) is 0 Å². The monoisotopic (exact) mass is 198 g/mol. The molecule has 0 amide bonds. The van der Waals surface area contributed by atoms with Gasteiger partial charge in [0.2, 0.25) is 0 Å². The molecule has 0 radical (unpaired) electrons. The number of esters is 1. The Kier molecular flexibility index (Phi) is 6.80. The van der Waals surface area contributed by atoms with Gasteiger partial charge in [-0.15, -0.1) is 23.4 Å². The maximum atomic E-state index is 10.8. The number of hydrogen-bond donors (Lipinski definition) is 0. The minimum atomic E-state index is -0.497. The Labute approximate surface area is 75.4 Å². The van der Waals surface area contributed by atoms with Crippen molar-refractivity contribution < 1.29 is 14.3 Å². The lowest BCUT2D eigenvalue weighted by Crippen LogP contribution is -2.26. The van der Waals surface area contributed by atoms with Crippen molar-refractivity contribution in [1.29, 1.82) is 0 Å². The summed E-state index contributed by atoms with van der Waals surface area (Å²) in [5, 5.41) is 0.455. The Morgan fingerprint density at radius 1 is 1.64 bits per heavy atom. The Morgan fingerprint density at radius 2 is 2.27 bits per heavy atom. The Bertz CT molecular complexity index is 120. The maximum Gasteiger partial charge on any atom is 0.335 e. The fourth-order valence-electron chi connectivity index (χ4n) is 0.515. The summed E-state index contributed by atoms with van der Waals surface area (Å²) >= 11 is 6.83. The average Bonchev–Trinajstić information content (AvgIpc) is 2.05. The number of alkyl halides is 1. The second kappa shape index (κ2) is 6.76. The van der Waals surface area contributed by atoms with Crippen LogP contribution in [0.5, 0.6) is 0 Å². The molecule has 0 bridgehead atoms. The molecule has 0 aliphatic carbocycles. The zero-order valence-electron chi connectivity index (χ0n) is 6.50. The van der Waals surface area contributed by atoms with Gasteiger partial charge in [0, 0.05) is 12.9 Å². The maximum absolute atomic E-state index is 10.8. The SMILES string of the molecule is COC(=O)C(CSCCl)OC. The van der Waals surface area contributed by atoms with Gasteiger partial charge in [0.05, 0.1) is 12.3 Å². The third-order valence-electron chi connectivity index (χ3n) is 1.09. The number of carbonyl (C=O) groups is 1. The van der Waals surface area contributed by atoms with Gasteiger partial charge < -0.3 is 9.47 Å². The Hall–Kier alpha value is 0.0700. The minimum Gasteiger partial charge on any atom is -0.467 e. The second-order valence-electron chi connectivity index (χ2n) is 1.73. The third kappa shape index (κ3) is 4.50. The number of rotatable bonds is 5. The molecule has 1 unspecified atom stereocenters. The number of halogens is 1. The van der Waals surface area contributed by atoms with Crippen molar-refractivity contribution >= 4 is 29.3 Å². The Balaban J connectivity index is 3.65. The summed E-state index contributed by atoms with van der Waals surface area (Å²) in [5.41, 5.74) is 0. The molecule has 0 saturated heterocycles. The lowest BCUT2D eigenvalue weighted by atomic mass is 10.4. The third-order valence-corrected chi connectivity index (χ3v) is 2.25. The van der Waals surface area contributed by atoms with E-state index in [9.17, 15) is 4.79 Å². The molecular weight excluding hydrogens is 188 g/mol. The van der Waals surface area contributed by atoms with Crippen LogP contribution < -0.4 is 0 Å². The van der Waals surface area contributed by atoms with Gasteiger partial charge in [-0.1, -0.05) is 0 Å². The van der Waals surface area contributed by atoms with E-state index < -0.39 is 6.10 Å². The zero-order valence-corrected chi connectivity index (χ0v) is 8.07. The van der Waals surface area contributed by atoms with E-state index in [1.165, 1.54) is 26.0 Å². The van der Waals surface area contributed by atoms with Crippen molar-refractivity contribution in [2.24, 2.45) is 0 Å². The highest BCUT2D eigenvalue weighted by molar-refractivity contribution is 8.00. The topological polar surface area (TPSA) is 35.5 Å². The number of ether oxygens (including phenoxy) is 2. The molecule has 0 heterocycles. The van der Waals surface area contributed by atoms with Gasteiger partial charge in [0.25, 0.3) is 0 Å². The summed E-state index contributed by atoms with van der Waals surface area (Å²) in [7, 11) is 2.80. The Morgan fingerprint density at radius 3 is 2.64 bits per heavy atom. The lowest BCUT2D eigenvalue weighted by molar-refractivity contribution is -0.150. The van der Waals surface area contributed by atoms with E-state index in [-0.39, 0.29) is 5.97 Å². The summed E-state index contributed by atoms with van der Waals surface area (Å²) in [6.07, 6.45) is -0.497. The molecule has 0 aliphatic rings. The van der Waals surface area contributed by atoms with Crippen LogP contribution in [0.3, 0.4) is 0 Å². The molecule has 0 spiro atoms. The average molecular weight is 199 g/mol. The summed E-state index contributed by atoms with van der Waals surface area (Å²) in [6.45, 7) is 0. The molecule has 3 nitrogen and oxygen atoms in total. The fraction of sp³-hybridized carbons (Fsp3) is 0.833. The normalized spacial score (nSPS) is 12.6. The van der Waals surface area contributed by atoms with Crippen LogP contribution in [-0.2, 0) is 14.3 Å². The van der Waals surface area contributed by atoms with Gasteiger partial charge in [-0.25, -0.2) is 4.79 Å². The zero-order chi connectivity index (χ0) is 8.69. The summed E-state index contributed by atoms with van der Waals surface area (Å²) < 4.78 is 9.33. The first-order valence-electron chi connectivity index (χ1n) is 3.00. The van der Waals surface area contributed by atoms with Gasteiger partial charge in [-0.05, 0) is 0 Å². The standard InChI is InChI=1S/C6H11ClO3S/c1-9-5(3-11-4-7)6(8)10-2/h5H,3-4H2,1-2H3. The number of carbonyl (C=O) groups excluding carboxylic acids is 1. The van der Waals surface area contributed by atoms with Gasteiger partial charge in [0.1, 0.15) is 0 Å². The highest BCUT2D eigenvalue weighted by atomic mass is 35.5. The van der Waals surface area contributed by atoms with E-state index >= 15 is 0 Å². The molecule has 0 rings (SSSR count). The first kappa shape index (κ1) is 11.1. The van der Waals surface area contributed by atoms with Crippen molar-refractivity contribution in [3.63, 3.8) is 0 Å². The van der Waals surface area contributed by atoms with E-state index in [1.54, 1.807) is 0 Å². The van der Waals surface area contributed by atoms with Crippen molar-refractivity contribution in [1.82, 2.24) is 0 Å². The predicted octanol–water partition coefficient (Wildman–Crippen LogP) is 1.10. The molecule has 0 fully saturated rings. The number of hydrogen-bond acceptors (Lipinski definition) is 4. The van der Waals surface area contributed by atoms with Crippen LogP contribution in [0, 0.1) is 0 Å². The van der Waals surface area contributed by atoms with Crippen LogP contribution >= 0.6 is 23.4 Å². The lowest BCUT2D eigenvalue weighted by Gasteiger charge is -2.10. The van der Waals surface area contributed by atoms with Gasteiger partial charge >= 0.3 is 5.97 Å². The van der Waals surface area contributed by atoms with E-state index in [1.807, 2.05) is 0 Å². The van der Waals surface area contributed by atoms with E-state index in [2.05, 4.69) is 4.74 Å². The summed E-state index contributed by atoms with van der Waals surface area (Å²) in [6, 6.07) is 0. The molecule has 66 valence electrons. The van der Waals surface area contributed by atoms with Crippen LogP contribution in [0.15, 0.2) is 0 Å². The van der Waals surface area contributed by atoms with Crippen LogP contribution in [0.1, 0.15) is 0 Å². The molecule has 0 aliphatic heterocycles. The highest BCUT2D eigenvalue weighted by Gasteiger charge is 2.17. The smallest absolute Gasteiger partial charge is 0.335 e. The molecule has 0 aromatic rings. The van der Waals surface area contributed by atoms with Crippen LogP contribution in [0.2, 0.25) is 0 Å². The fourth-order valence-corrected chi connectivity index (χ4v) is 1.36. The van der Waals surface area contributed by atoms with Crippen LogP contribution in [-0.4, -0.2) is 37.3 Å². The van der Waals surface area contributed by atoms with Crippen molar-refractivity contribution in [3.05, 3.63) is 0 Å². The van der Waals surface area contributed by atoms with Gasteiger partial charge in [-0.3, -0.25) is 0 Å². The summed E-state index contributed by atoms with van der Waals surface area (Å²) in [4.78, 5) is 10.8.